The highest BCUT2D eigenvalue weighted by molar-refractivity contribution is 9.10. The highest BCUT2D eigenvalue weighted by Crippen LogP contribution is 2.24. The summed E-state index contributed by atoms with van der Waals surface area (Å²) in [6.45, 7) is -2.86. The molecule has 2 nitrogen and oxygen atoms in total. The summed E-state index contributed by atoms with van der Waals surface area (Å²) in [4.78, 5) is 11.1. The number of carbonyl (C=O) groups is 1. The number of ketones is 1. The maximum atomic E-state index is 11.9. The Kier molecular flexibility index (Phi) is 5.15. The Morgan fingerprint density at radius 1 is 1.50 bits per heavy atom. The number of rotatable bonds is 5. The molecule has 0 aliphatic rings. The molecule has 0 atom stereocenters. The minimum atomic E-state index is -2.86. The molecular formula is C10H8BrClF2O2. The van der Waals surface area contributed by atoms with Gasteiger partial charge >= 0.3 is 6.61 Å². The average Bonchev–Trinajstić information content (AvgIpc) is 2.21. The Labute approximate surface area is 105 Å². The molecule has 1 rings (SSSR count). The molecular weight excluding hydrogens is 305 g/mol. The van der Waals surface area contributed by atoms with Crippen molar-refractivity contribution in [3.8, 4) is 5.75 Å². The Bertz CT molecular complexity index is 385. The molecule has 0 saturated heterocycles. The van der Waals surface area contributed by atoms with Gasteiger partial charge in [-0.3, -0.25) is 4.79 Å². The molecule has 0 bridgehead atoms. The van der Waals surface area contributed by atoms with Crippen molar-refractivity contribution in [2.24, 2.45) is 0 Å². The van der Waals surface area contributed by atoms with E-state index in [2.05, 4.69) is 20.7 Å². The fourth-order valence-electron chi connectivity index (χ4n) is 1.11. The van der Waals surface area contributed by atoms with Gasteiger partial charge in [0.15, 0.2) is 5.78 Å². The number of benzene rings is 1. The second-order valence-corrected chi connectivity index (χ2v) is 4.10. The van der Waals surface area contributed by atoms with E-state index in [4.69, 9.17) is 11.6 Å². The molecule has 1 aromatic carbocycles. The largest absolute Gasteiger partial charge is 0.435 e. The smallest absolute Gasteiger partial charge is 0.387 e. The molecule has 16 heavy (non-hydrogen) atoms. The van der Waals surface area contributed by atoms with Crippen LogP contribution in [0.5, 0.6) is 5.75 Å². The number of alkyl halides is 3. The Morgan fingerprint density at radius 2 is 2.19 bits per heavy atom. The van der Waals surface area contributed by atoms with E-state index in [-0.39, 0.29) is 23.8 Å². The third-order valence-electron chi connectivity index (χ3n) is 1.79. The second kappa shape index (κ2) is 6.15. The second-order valence-electron chi connectivity index (χ2n) is 2.98. The Morgan fingerprint density at radius 3 is 2.69 bits per heavy atom. The molecule has 0 aliphatic heterocycles. The van der Waals surface area contributed by atoms with E-state index >= 15 is 0 Å². The summed E-state index contributed by atoms with van der Waals surface area (Å²) in [6.07, 6.45) is 0.166. The molecule has 1 aromatic rings. The molecule has 0 spiro atoms. The SMILES string of the molecule is O=C(CCl)Cc1ccc(OC(F)F)cc1Br. The zero-order valence-electron chi connectivity index (χ0n) is 8.05. The van der Waals surface area contributed by atoms with Crippen molar-refractivity contribution in [2.45, 2.75) is 13.0 Å². The molecule has 6 heteroatoms. The van der Waals surface area contributed by atoms with Crippen molar-refractivity contribution in [3.05, 3.63) is 28.2 Å². The standard InChI is InChI=1S/C10H8BrClF2O2/c11-9-4-8(16-10(13)14)2-1-6(9)3-7(15)5-12/h1-2,4,10H,3,5H2. The van der Waals surface area contributed by atoms with Crippen molar-refractivity contribution in [1.29, 1.82) is 0 Å². The lowest BCUT2D eigenvalue weighted by Crippen LogP contribution is -2.05. The predicted molar refractivity (Wildman–Crippen MR) is 60.2 cm³/mol. The molecule has 0 amide bonds. The van der Waals surface area contributed by atoms with Crippen LogP contribution in [-0.2, 0) is 11.2 Å². The van der Waals surface area contributed by atoms with E-state index in [0.29, 0.717) is 10.0 Å². The predicted octanol–water partition coefficient (Wildman–Crippen LogP) is 3.40. The number of Topliss-reactive ketones (excluding diaryl/α,β-unsaturated/α-hetero) is 1. The Hall–Kier alpha value is -0.680. The first-order valence-electron chi connectivity index (χ1n) is 4.34. The normalized spacial score (nSPS) is 10.6. The first-order chi connectivity index (χ1) is 7.52. The van der Waals surface area contributed by atoms with Gasteiger partial charge < -0.3 is 4.74 Å². The third-order valence-corrected chi connectivity index (χ3v) is 2.82. The van der Waals surface area contributed by atoms with E-state index in [1.807, 2.05) is 0 Å². The lowest BCUT2D eigenvalue weighted by Gasteiger charge is -2.07. The van der Waals surface area contributed by atoms with Crippen molar-refractivity contribution in [1.82, 2.24) is 0 Å². The van der Waals surface area contributed by atoms with Crippen LogP contribution in [-0.4, -0.2) is 18.3 Å². The van der Waals surface area contributed by atoms with Gasteiger partial charge in [0.2, 0.25) is 0 Å². The average molecular weight is 314 g/mol. The first-order valence-corrected chi connectivity index (χ1v) is 5.66. The van der Waals surface area contributed by atoms with Gasteiger partial charge in [0, 0.05) is 10.9 Å². The molecule has 0 heterocycles. The number of ether oxygens (including phenoxy) is 1. The summed E-state index contributed by atoms with van der Waals surface area (Å²) < 4.78 is 28.6. The molecule has 0 unspecified atom stereocenters. The quantitative estimate of drug-likeness (QED) is 0.779. The summed E-state index contributed by atoms with van der Waals surface area (Å²) in [5.41, 5.74) is 0.687. The summed E-state index contributed by atoms with van der Waals surface area (Å²) in [5.74, 6) is -0.157. The van der Waals surface area contributed by atoms with E-state index < -0.39 is 6.61 Å². The van der Waals surface area contributed by atoms with E-state index in [1.165, 1.54) is 12.1 Å². The van der Waals surface area contributed by atoms with Crippen LogP contribution in [0.15, 0.2) is 22.7 Å². The molecule has 0 radical (unpaired) electrons. The van der Waals surface area contributed by atoms with E-state index in [0.717, 1.165) is 0 Å². The molecule has 0 aliphatic carbocycles. The monoisotopic (exact) mass is 312 g/mol. The highest BCUT2D eigenvalue weighted by atomic mass is 79.9. The maximum Gasteiger partial charge on any atom is 0.387 e. The zero-order valence-corrected chi connectivity index (χ0v) is 10.4. The number of carbonyl (C=O) groups excluding carboxylic acids is 1. The highest BCUT2D eigenvalue weighted by Gasteiger charge is 2.09. The van der Waals surface area contributed by atoms with Gasteiger partial charge in [0.05, 0.1) is 5.88 Å². The summed E-state index contributed by atoms with van der Waals surface area (Å²) >= 11 is 8.54. The molecule has 0 aromatic heterocycles. The Balaban J connectivity index is 2.79. The zero-order chi connectivity index (χ0) is 12.1. The van der Waals surface area contributed by atoms with Crippen LogP contribution in [0.2, 0.25) is 0 Å². The summed E-state index contributed by atoms with van der Waals surface area (Å²) in [5, 5.41) is 0. The molecule has 88 valence electrons. The van der Waals surface area contributed by atoms with Crippen molar-refractivity contribution < 1.29 is 18.3 Å². The summed E-state index contributed by atoms with van der Waals surface area (Å²) in [7, 11) is 0. The van der Waals surface area contributed by atoms with Gasteiger partial charge in [-0.05, 0) is 17.7 Å². The number of hydrogen-bond donors (Lipinski definition) is 0. The van der Waals surface area contributed by atoms with Gasteiger partial charge in [-0.2, -0.15) is 8.78 Å². The molecule has 0 fully saturated rings. The first kappa shape index (κ1) is 13.4. The minimum Gasteiger partial charge on any atom is -0.435 e. The van der Waals surface area contributed by atoms with Crippen LogP contribution < -0.4 is 4.74 Å². The topological polar surface area (TPSA) is 26.3 Å². The third kappa shape index (κ3) is 4.06. The van der Waals surface area contributed by atoms with Gasteiger partial charge in [-0.1, -0.05) is 22.0 Å². The van der Waals surface area contributed by atoms with Crippen LogP contribution in [0.4, 0.5) is 8.78 Å². The van der Waals surface area contributed by atoms with Crippen LogP contribution in [0.25, 0.3) is 0 Å². The van der Waals surface area contributed by atoms with Gasteiger partial charge in [-0.25, -0.2) is 0 Å². The number of halogens is 4. The number of hydrogen-bond acceptors (Lipinski definition) is 2. The van der Waals surface area contributed by atoms with Crippen molar-refractivity contribution in [2.75, 3.05) is 5.88 Å². The fraction of sp³-hybridized carbons (Fsp3) is 0.300. The van der Waals surface area contributed by atoms with Crippen LogP contribution in [0.3, 0.4) is 0 Å². The van der Waals surface area contributed by atoms with Crippen molar-refractivity contribution >= 4 is 33.3 Å². The fourth-order valence-corrected chi connectivity index (χ4v) is 1.70. The van der Waals surface area contributed by atoms with E-state index in [9.17, 15) is 13.6 Å². The lowest BCUT2D eigenvalue weighted by atomic mass is 10.1. The molecule has 0 N–H and O–H groups in total. The summed E-state index contributed by atoms with van der Waals surface area (Å²) in [6, 6.07) is 4.32. The van der Waals surface area contributed by atoms with Crippen molar-refractivity contribution in [3.63, 3.8) is 0 Å². The van der Waals surface area contributed by atoms with Crippen LogP contribution in [0, 0.1) is 0 Å². The minimum absolute atomic E-state index is 0.0453. The van der Waals surface area contributed by atoms with Gasteiger partial charge in [0.25, 0.3) is 0 Å². The van der Waals surface area contributed by atoms with Crippen LogP contribution in [0.1, 0.15) is 5.56 Å². The lowest BCUT2D eigenvalue weighted by molar-refractivity contribution is -0.116. The van der Waals surface area contributed by atoms with Crippen LogP contribution >= 0.6 is 27.5 Å². The maximum absolute atomic E-state index is 11.9. The molecule has 0 saturated carbocycles. The van der Waals surface area contributed by atoms with E-state index in [1.54, 1.807) is 6.07 Å². The van der Waals surface area contributed by atoms with Gasteiger partial charge in [-0.15, -0.1) is 11.6 Å². The van der Waals surface area contributed by atoms with Gasteiger partial charge in [0.1, 0.15) is 5.75 Å².